The van der Waals surface area contributed by atoms with Crippen LogP contribution in [-0.2, 0) is 6.42 Å². The van der Waals surface area contributed by atoms with Gasteiger partial charge in [0.15, 0.2) is 11.4 Å². The second-order valence-electron chi connectivity index (χ2n) is 3.79. The molecule has 1 heterocycles. The van der Waals surface area contributed by atoms with Gasteiger partial charge in [0, 0.05) is 7.05 Å². The van der Waals surface area contributed by atoms with Gasteiger partial charge < -0.3 is 4.90 Å². The lowest BCUT2D eigenvalue weighted by molar-refractivity contribution is 0.112. The molecule has 0 amide bonds. The largest absolute Gasteiger partial charge is 0.318 e. The minimum atomic E-state index is -0.305. The predicted molar refractivity (Wildman–Crippen MR) is 71.3 cm³/mol. The Morgan fingerprint density at radius 2 is 2.17 bits per heavy atom. The molecule has 0 radical (unpaired) electrons. The van der Waals surface area contributed by atoms with Crippen molar-refractivity contribution in [3.05, 3.63) is 40.7 Å². The number of hydrogen-bond donors (Lipinski definition) is 0. The molecular formula is C13H13FN2OS. The van der Waals surface area contributed by atoms with E-state index in [2.05, 4.69) is 4.98 Å². The Balaban J connectivity index is 2.40. The molecule has 0 spiro atoms. The van der Waals surface area contributed by atoms with Crippen molar-refractivity contribution in [2.24, 2.45) is 0 Å². The van der Waals surface area contributed by atoms with Crippen LogP contribution in [-0.4, -0.2) is 18.3 Å². The molecule has 0 aliphatic carbocycles. The van der Waals surface area contributed by atoms with E-state index in [0.717, 1.165) is 12.0 Å². The van der Waals surface area contributed by atoms with Crippen molar-refractivity contribution in [2.45, 2.75) is 13.3 Å². The molecule has 0 atom stereocenters. The number of carbonyl (C=O) groups excluding carboxylic acids is 1. The number of nitrogens with zero attached hydrogens (tertiary/aromatic N) is 2. The lowest BCUT2D eigenvalue weighted by atomic mass is 10.3. The zero-order valence-corrected chi connectivity index (χ0v) is 11.0. The van der Waals surface area contributed by atoms with Gasteiger partial charge in [-0.1, -0.05) is 30.4 Å². The molecule has 18 heavy (non-hydrogen) atoms. The van der Waals surface area contributed by atoms with E-state index in [-0.39, 0.29) is 5.82 Å². The summed E-state index contributed by atoms with van der Waals surface area (Å²) in [5.74, 6) is -0.305. The highest BCUT2D eigenvalue weighted by molar-refractivity contribution is 7.17. The van der Waals surface area contributed by atoms with Gasteiger partial charge in [-0.3, -0.25) is 4.79 Å². The smallest absolute Gasteiger partial charge is 0.190 e. The number of halogens is 1. The van der Waals surface area contributed by atoms with Crippen LogP contribution in [0.3, 0.4) is 0 Å². The van der Waals surface area contributed by atoms with Gasteiger partial charge in [-0.2, -0.15) is 0 Å². The van der Waals surface area contributed by atoms with Crippen molar-refractivity contribution in [3.8, 4) is 0 Å². The van der Waals surface area contributed by atoms with Crippen LogP contribution < -0.4 is 4.90 Å². The number of carbonyl (C=O) groups is 1. The highest BCUT2D eigenvalue weighted by atomic mass is 32.1. The van der Waals surface area contributed by atoms with Crippen LogP contribution in [0.15, 0.2) is 24.3 Å². The van der Waals surface area contributed by atoms with E-state index < -0.39 is 0 Å². The molecule has 0 N–H and O–H groups in total. The van der Waals surface area contributed by atoms with E-state index >= 15 is 0 Å². The molecule has 0 aliphatic rings. The van der Waals surface area contributed by atoms with E-state index in [9.17, 15) is 9.18 Å². The maximum Gasteiger partial charge on any atom is 0.190 e. The number of benzene rings is 1. The van der Waals surface area contributed by atoms with Crippen molar-refractivity contribution >= 4 is 28.4 Å². The molecule has 0 saturated heterocycles. The quantitative estimate of drug-likeness (QED) is 0.793. The summed E-state index contributed by atoms with van der Waals surface area (Å²) in [6.07, 6.45) is 1.49. The molecule has 5 heteroatoms. The fraction of sp³-hybridized carbons (Fsp3) is 0.231. The summed E-state index contributed by atoms with van der Waals surface area (Å²) < 4.78 is 13.7. The lowest BCUT2D eigenvalue weighted by Crippen LogP contribution is -2.10. The fourth-order valence-electron chi connectivity index (χ4n) is 1.67. The first kappa shape index (κ1) is 12.7. The van der Waals surface area contributed by atoms with E-state index in [0.29, 0.717) is 22.1 Å². The molecule has 1 aromatic carbocycles. The summed E-state index contributed by atoms with van der Waals surface area (Å²) in [6, 6.07) is 6.50. The Morgan fingerprint density at radius 1 is 1.44 bits per heavy atom. The minimum absolute atomic E-state index is 0.305. The van der Waals surface area contributed by atoms with E-state index in [4.69, 9.17) is 0 Å². The van der Waals surface area contributed by atoms with Crippen molar-refractivity contribution in [1.82, 2.24) is 4.98 Å². The van der Waals surface area contributed by atoms with Crippen LogP contribution in [0, 0.1) is 5.82 Å². The monoisotopic (exact) mass is 264 g/mol. The summed E-state index contributed by atoms with van der Waals surface area (Å²) in [7, 11) is 1.74. The standard InChI is InChI=1S/C13H13FN2OS/c1-3-10-12(8-17)18-13(15-10)16(2)11-7-5-4-6-9(11)14/h4-8H,3H2,1-2H3. The number of anilines is 2. The number of rotatable bonds is 4. The lowest BCUT2D eigenvalue weighted by Gasteiger charge is -2.16. The highest BCUT2D eigenvalue weighted by Crippen LogP contribution is 2.31. The summed E-state index contributed by atoms with van der Waals surface area (Å²) in [5.41, 5.74) is 1.21. The third-order valence-corrected chi connectivity index (χ3v) is 3.76. The molecule has 3 nitrogen and oxygen atoms in total. The van der Waals surface area contributed by atoms with Crippen LogP contribution in [0.4, 0.5) is 15.2 Å². The van der Waals surface area contributed by atoms with Crippen LogP contribution in [0.2, 0.25) is 0 Å². The number of aryl methyl sites for hydroxylation is 1. The van der Waals surface area contributed by atoms with Gasteiger partial charge in [-0.05, 0) is 18.6 Å². The second kappa shape index (κ2) is 5.27. The van der Waals surface area contributed by atoms with Crippen LogP contribution in [0.25, 0.3) is 0 Å². The SMILES string of the molecule is CCc1nc(N(C)c2ccccc2F)sc1C=O. The third kappa shape index (κ3) is 2.26. The maximum absolute atomic E-state index is 13.7. The first-order valence-electron chi connectivity index (χ1n) is 5.60. The minimum Gasteiger partial charge on any atom is -0.318 e. The van der Waals surface area contributed by atoms with E-state index in [1.807, 2.05) is 6.92 Å². The molecule has 0 aliphatic heterocycles. The fourth-order valence-corrected chi connectivity index (χ4v) is 2.61. The maximum atomic E-state index is 13.7. The molecule has 0 fully saturated rings. The van der Waals surface area contributed by atoms with Gasteiger partial charge in [0.05, 0.1) is 16.3 Å². The number of aldehydes is 1. The average Bonchev–Trinajstić information content (AvgIpc) is 2.81. The molecule has 0 unspecified atom stereocenters. The normalized spacial score (nSPS) is 10.4. The highest BCUT2D eigenvalue weighted by Gasteiger charge is 2.15. The number of hydrogen-bond acceptors (Lipinski definition) is 4. The molecular weight excluding hydrogens is 251 g/mol. The van der Waals surface area contributed by atoms with Gasteiger partial charge in [0.25, 0.3) is 0 Å². The molecule has 0 bridgehead atoms. The Bertz CT molecular complexity index is 568. The Labute approximate surface area is 109 Å². The van der Waals surface area contributed by atoms with Crippen LogP contribution in [0.1, 0.15) is 22.3 Å². The zero-order valence-electron chi connectivity index (χ0n) is 10.2. The van der Waals surface area contributed by atoms with E-state index in [1.165, 1.54) is 17.4 Å². The average molecular weight is 264 g/mol. The molecule has 1 aromatic heterocycles. The van der Waals surface area contributed by atoms with Gasteiger partial charge in [-0.25, -0.2) is 9.37 Å². The van der Waals surface area contributed by atoms with Gasteiger partial charge >= 0.3 is 0 Å². The molecule has 0 saturated carbocycles. The van der Waals surface area contributed by atoms with E-state index in [1.54, 1.807) is 30.1 Å². The summed E-state index contributed by atoms with van der Waals surface area (Å²) in [6.45, 7) is 1.94. The van der Waals surface area contributed by atoms with Gasteiger partial charge in [0.1, 0.15) is 5.82 Å². The number of thiazole rings is 1. The third-order valence-electron chi connectivity index (χ3n) is 2.66. The zero-order chi connectivity index (χ0) is 13.1. The molecule has 94 valence electrons. The van der Waals surface area contributed by atoms with Crippen molar-refractivity contribution < 1.29 is 9.18 Å². The first-order chi connectivity index (χ1) is 8.67. The predicted octanol–water partition coefficient (Wildman–Crippen LogP) is 3.43. The molecule has 2 aromatic rings. The summed E-state index contributed by atoms with van der Waals surface area (Å²) in [4.78, 5) is 17.5. The summed E-state index contributed by atoms with van der Waals surface area (Å²) >= 11 is 1.28. The van der Waals surface area contributed by atoms with Crippen molar-refractivity contribution in [1.29, 1.82) is 0 Å². The number of aromatic nitrogens is 1. The second-order valence-corrected chi connectivity index (χ2v) is 4.80. The number of para-hydroxylation sites is 1. The Kier molecular flexibility index (Phi) is 3.72. The van der Waals surface area contributed by atoms with Crippen LogP contribution in [0.5, 0.6) is 0 Å². The Hall–Kier alpha value is -1.75. The summed E-state index contributed by atoms with van der Waals surface area (Å²) in [5, 5.41) is 0.624. The van der Waals surface area contributed by atoms with Crippen LogP contribution >= 0.6 is 11.3 Å². The van der Waals surface area contributed by atoms with Crippen molar-refractivity contribution in [3.63, 3.8) is 0 Å². The first-order valence-corrected chi connectivity index (χ1v) is 6.42. The van der Waals surface area contributed by atoms with Gasteiger partial charge in [0.2, 0.25) is 0 Å². The Morgan fingerprint density at radius 3 is 2.72 bits per heavy atom. The molecule has 2 rings (SSSR count). The topological polar surface area (TPSA) is 33.2 Å². The van der Waals surface area contributed by atoms with Gasteiger partial charge in [-0.15, -0.1) is 0 Å². The van der Waals surface area contributed by atoms with Crippen molar-refractivity contribution in [2.75, 3.05) is 11.9 Å².